The Bertz CT molecular complexity index is 1040. The Hall–Kier alpha value is -2.29. The van der Waals surface area contributed by atoms with Crippen molar-refractivity contribution >= 4 is 15.9 Å². The summed E-state index contributed by atoms with van der Waals surface area (Å²) in [6.07, 6.45) is 3.28. The van der Waals surface area contributed by atoms with Gasteiger partial charge in [0.05, 0.1) is 17.0 Å². The Morgan fingerprint density at radius 1 is 1.06 bits per heavy atom. The molecule has 6 nitrogen and oxygen atoms in total. The van der Waals surface area contributed by atoms with Gasteiger partial charge in [0.1, 0.15) is 11.7 Å². The standard InChI is InChI=1S/C24H31FN4O2S/c1-2-3-19-6-10-22(11-7-19)32(30,31)29-16-12-24(13-17-29)23(26-14-15-28-24)27-18-20-4-8-21(25)9-5-20/h4-11,28H,2-3,12-18H2,1H3,(H,26,27). The zero-order chi connectivity index (χ0) is 22.6. The Kier molecular flexibility index (Phi) is 6.93. The summed E-state index contributed by atoms with van der Waals surface area (Å²) in [6, 6.07) is 13.7. The first kappa shape index (κ1) is 22.9. The molecule has 172 valence electrons. The highest BCUT2D eigenvalue weighted by molar-refractivity contribution is 7.89. The minimum atomic E-state index is -3.52. The lowest BCUT2D eigenvalue weighted by Crippen LogP contribution is -2.64. The fourth-order valence-electron chi connectivity index (χ4n) is 4.50. The highest BCUT2D eigenvalue weighted by Gasteiger charge is 2.43. The lowest BCUT2D eigenvalue weighted by Gasteiger charge is -2.44. The van der Waals surface area contributed by atoms with Crippen molar-refractivity contribution < 1.29 is 12.8 Å². The molecule has 1 fully saturated rings. The average Bonchev–Trinajstić information content (AvgIpc) is 2.81. The molecule has 2 aliphatic rings. The number of nitrogens with zero attached hydrogens (tertiary/aromatic N) is 2. The Morgan fingerprint density at radius 3 is 2.38 bits per heavy atom. The summed E-state index contributed by atoms with van der Waals surface area (Å²) in [6.45, 7) is 4.98. The number of halogens is 1. The molecule has 0 bridgehead atoms. The van der Waals surface area contributed by atoms with Gasteiger partial charge in [-0.1, -0.05) is 37.6 Å². The maximum atomic E-state index is 13.2. The van der Waals surface area contributed by atoms with Crippen molar-refractivity contribution in [1.29, 1.82) is 0 Å². The van der Waals surface area contributed by atoms with Gasteiger partial charge in [0, 0.05) is 26.2 Å². The summed E-state index contributed by atoms with van der Waals surface area (Å²) in [4.78, 5) is 5.07. The van der Waals surface area contributed by atoms with E-state index < -0.39 is 10.0 Å². The zero-order valence-corrected chi connectivity index (χ0v) is 19.3. The molecule has 2 aliphatic heterocycles. The molecular formula is C24H31FN4O2S. The van der Waals surface area contributed by atoms with Gasteiger partial charge >= 0.3 is 0 Å². The van der Waals surface area contributed by atoms with E-state index in [1.54, 1.807) is 28.6 Å². The van der Waals surface area contributed by atoms with Crippen molar-refractivity contribution in [2.75, 3.05) is 26.2 Å². The normalized spacial score (nSPS) is 19.0. The van der Waals surface area contributed by atoms with Crippen LogP contribution in [0.2, 0.25) is 0 Å². The second-order valence-electron chi connectivity index (χ2n) is 8.52. The van der Waals surface area contributed by atoms with Gasteiger partial charge in [-0.25, -0.2) is 12.8 Å². The number of benzene rings is 2. The number of rotatable bonds is 6. The number of sulfonamides is 1. The Morgan fingerprint density at radius 2 is 1.72 bits per heavy atom. The van der Waals surface area contributed by atoms with Crippen molar-refractivity contribution in [3.05, 3.63) is 65.5 Å². The largest absolute Gasteiger partial charge is 0.368 e. The SMILES string of the molecule is CCCc1ccc(S(=O)(=O)N2CCC3(CC2)NCCN=C3NCc2ccc(F)cc2)cc1. The van der Waals surface area contributed by atoms with E-state index in [9.17, 15) is 12.8 Å². The van der Waals surface area contributed by atoms with Gasteiger partial charge in [-0.15, -0.1) is 0 Å². The molecule has 4 rings (SSSR count). The Balaban J connectivity index is 1.42. The van der Waals surface area contributed by atoms with Crippen LogP contribution in [0.4, 0.5) is 4.39 Å². The molecule has 1 saturated heterocycles. The van der Waals surface area contributed by atoms with Crippen LogP contribution in [0.1, 0.15) is 37.3 Å². The molecule has 1 spiro atoms. The zero-order valence-electron chi connectivity index (χ0n) is 18.5. The molecule has 2 aromatic carbocycles. The van der Waals surface area contributed by atoms with Crippen molar-refractivity contribution in [3.63, 3.8) is 0 Å². The number of amidine groups is 1. The van der Waals surface area contributed by atoms with Gasteiger partial charge < -0.3 is 10.6 Å². The van der Waals surface area contributed by atoms with Crippen LogP contribution in [-0.4, -0.2) is 50.3 Å². The van der Waals surface area contributed by atoms with Crippen molar-refractivity contribution in [2.24, 2.45) is 4.99 Å². The van der Waals surface area contributed by atoms with Gasteiger partial charge in [0.2, 0.25) is 10.0 Å². The third-order valence-corrected chi connectivity index (χ3v) is 8.26. The quantitative estimate of drug-likeness (QED) is 0.698. The van der Waals surface area contributed by atoms with E-state index in [4.69, 9.17) is 4.99 Å². The number of hydrogen-bond donors (Lipinski definition) is 2. The van der Waals surface area contributed by atoms with E-state index >= 15 is 0 Å². The molecule has 0 aromatic heterocycles. The van der Waals surface area contributed by atoms with Crippen LogP contribution in [0, 0.1) is 5.82 Å². The second-order valence-corrected chi connectivity index (χ2v) is 10.5. The topological polar surface area (TPSA) is 73.8 Å². The highest BCUT2D eigenvalue weighted by Crippen LogP contribution is 2.29. The summed E-state index contributed by atoms with van der Waals surface area (Å²) >= 11 is 0. The number of nitrogens with one attached hydrogen (secondary N) is 2. The minimum Gasteiger partial charge on any atom is -0.368 e. The van der Waals surface area contributed by atoms with E-state index in [1.807, 2.05) is 12.1 Å². The first-order chi connectivity index (χ1) is 15.4. The van der Waals surface area contributed by atoms with E-state index in [-0.39, 0.29) is 11.4 Å². The predicted octanol–water partition coefficient (Wildman–Crippen LogP) is 3.09. The Labute approximate surface area is 190 Å². The number of piperidine rings is 1. The van der Waals surface area contributed by atoms with Crippen LogP contribution < -0.4 is 10.6 Å². The van der Waals surface area contributed by atoms with E-state index in [2.05, 4.69) is 17.6 Å². The minimum absolute atomic E-state index is 0.254. The molecule has 0 radical (unpaired) electrons. The van der Waals surface area contributed by atoms with Crippen molar-refractivity contribution in [3.8, 4) is 0 Å². The third-order valence-electron chi connectivity index (χ3n) is 6.35. The number of hydrogen-bond acceptors (Lipinski definition) is 5. The lowest BCUT2D eigenvalue weighted by atomic mass is 9.85. The maximum Gasteiger partial charge on any atom is 0.243 e. The third kappa shape index (κ3) is 4.87. The molecule has 32 heavy (non-hydrogen) atoms. The number of aliphatic imine (C=N–C) groups is 1. The van der Waals surface area contributed by atoms with E-state index in [1.165, 1.54) is 12.1 Å². The van der Waals surface area contributed by atoms with Crippen molar-refractivity contribution in [1.82, 2.24) is 14.9 Å². The van der Waals surface area contributed by atoms with Crippen molar-refractivity contribution in [2.45, 2.75) is 49.6 Å². The van der Waals surface area contributed by atoms with E-state index in [0.717, 1.165) is 36.3 Å². The van der Waals surface area contributed by atoms with Crippen LogP contribution in [0.3, 0.4) is 0 Å². The summed E-state index contributed by atoms with van der Waals surface area (Å²) in [5, 5.41) is 7.01. The van der Waals surface area contributed by atoms with Gasteiger partial charge in [-0.05, 0) is 54.7 Å². The molecular weight excluding hydrogens is 427 g/mol. The lowest BCUT2D eigenvalue weighted by molar-refractivity contribution is 0.241. The summed E-state index contributed by atoms with van der Waals surface area (Å²) in [5.74, 6) is 0.615. The fourth-order valence-corrected chi connectivity index (χ4v) is 5.94. The molecule has 0 saturated carbocycles. The summed E-state index contributed by atoms with van der Waals surface area (Å²) < 4.78 is 41.1. The van der Waals surface area contributed by atoms with Gasteiger partial charge in [0.15, 0.2) is 0 Å². The monoisotopic (exact) mass is 458 g/mol. The molecule has 2 heterocycles. The summed E-state index contributed by atoms with van der Waals surface area (Å²) in [5.41, 5.74) is 1.78. The predicted molar refractivity (Wildman–Crippen MR) is 125 cm³/mol. The molecule has 0 amide bonds. The fraction of sp³-hybridized carbons (Fsp3) is 0.458. The molecule has 0 atom stereocenters. The van der Waals surface area contributed by atoms with Gasteiger partial charge in [-0.3, -0.25) is 4.99 Å². The van der Waals surface area contributed by atoms with Crippen LogP contribution in [0.25, 0.3) is 0 Å². The van der Waals surface area contributed by atoms with Gasteiger partial charge in [-0.2, -0.15) is 4.31 Å². The molecule has 0 unspecified atom stereocenters. The van der Waals surface area contributed by atoms with Crippen LogP contribution in [0.5, 0.6) is 0 Å². The van der Waals surface area contributed by atoms with E-state index in [0.29, 0.717) is 43.9 Å². The molecule has 8 heteroatoms. The summed E-state index contributed by atoms with van der Waals surface area (Å²) in [7, 11) is -3.52. The maximum absolute atomic E-state index is 13.2. The van der Waals surface area contributed by atoms with Crippen LogP contribution >= 0.6 is 0 Å². The average molecular weight is 459 g/mol. The molecule has 0 aliphatic carbocycles. The highest BCUT2D eigenvalue weighted by atomic mass is 32.2. The number of aryl methyl sites for hydroxylation is 1. The van der Waals surface area contributed by atoms with Gasteiger partial charge in [0.25, 0.3) is 0 Å². The van der Waals surface area contributed by atoms with Crippen LogP contribution in [-0.2, 0) is 23.0 Å². The molecule has 2 aromatic rings. The molecule has 2 N–H and O–H groups in total. The first-order valence-corrected chi connectivity index (χ1v) is 12.7. The second kappa shape index (κ2) is 9.68. The first-order valence-electron chi connectivity index (χ1n) is 11.3. The van der Waals surface area contributed by atoms with Crippen LogP contribution in [0.15, 0.2) is 58.4 Å². The smallest absolute Gasteiger partial charge is 0.243 e.